The summed E-state index contributed by atoms with van der Waals surface area (Å²) in [7, 11) is 0. The van der Waals surface area contributed by atoms with Crippen molar-refractivity contribution in [3.63, 3.8) is 0 Å². The number of nitrogens with zero attached hydrogens (tertiary/aromatic N) is 5. The van der Waals surface area contributed by atoms with Crippen molar-refractivity contribution in [2.45, 2.75) is 18.6 Å². The van der Waals surface area contributed by atoms with Crippen molar-refractivity contribution in [3.05, 3.63) is 59.7 Å². The van der Waals surface area contributed by atoms with Gasteiger partial charge in [-0.3, -0.25) is 4.98 Å². The third-order valence-corrected chi connectivity index (χ3v) is 4.53. The molecular formula is C19H16FN5O2. The molecule has 3 heterocycles. The Morgan fingerprint density at radius 1 is 1.26 bits per heavy atom. The van der Waals surface area contributed by atoms with Gasteiger partial charge in [0.05, 0.1) is 24.7 Å². The largest absolute Gasteiger partial charge is 0.487 e. The molecule has 1 aromatic heterocycles. The van der Waals surface area contributed by atoms with Gasteiger partial charge in [0, 0.05) is 25.0 Å². The number of hydrogen-bond acceptors (Lipinski definition) is 5. The first-order chi connectivity index (χ1) is 13.1. The number of hydrazone groups is 1. The van der Waals surface area contributed by atoms with Crippen molar-refractivity contribution in [3.8, 4) is 11.8 Å². The summed E-state index contributed by atoms with van der Waals surface area (Å²) < 4.78 is 18.7. The zero-order valence-electron chi connectivity index (χ0n) is 14.3. The van der Waals surface area contributed by atoms with E-state index in [0.29, 0.717) is 30.8 Å². The Morgan fingerprint density at radius 3 is 2.78 bits per heavy atom. The molecule has 0 saturated carbocycles. The molecule has 7 nitrogen and oxygen atoms in total. The maximum absolute atomic E-state index is 12.9. The molecule has 1 fully saturated rings. The van der Waals surface area contributed by atoms with Gasteiger partial charge in [-0.05, 0) is 35.9 Å². The lowest BCUT2D eigenvalue weighted by Gasteiger charge is -2.41. The standard InChI is InChI=1S/C19H16FN5O2/c20-15-1-3-16(4-2-15)27-17-11-24(12-17)19(26)25-18(5-6-23-25)14-7-13(8-21)9-22-10-14/h1-4,6-7,9-10,17-18H,5,11-12H2. The summed E-state index contributed by atoms with van der Waals surface area (Å²) in [5.74, 6) is 0.255. The molecule has 4 rings (SSSR count). The summed E-state index contributed by atoms with van der Waals surface area (Å²) in [5.41, 5.74) is 1.23. The lowest BCUT2D eigenvalue weighted by Crippen LogP contribution is -2.58. The molecule has 136 valence electrons. The summed E-state index contributed by atoms with van der Waals surface area (Å²) in [5, 5.41) is 14.7. The quantitative estimate of drug-likeness (QED) is 0.837. The Bertz CT molecular complexity index is 918. The number of ether oxygens (including phenoxy) is 1. The number of nitriles is 1. The molecule has 2 amide bonds. The van der Waals surface area contributed by atoms with Crippen molar-refractivity contribution >= 4 is 12.2 Å². The van der Waals surface area contributed by atoms with Gasteiger partial charge in [0.25, 0.3) is 0 Å². The second kappa shape index (κ2) is 7.03. The fourth-order valence-corrected chi connectivity index (χ4v) is 3.10. The fourth-order valence-electron chi connectivity index (χ4n) is 3.10. The number of urea groups is 1. The van der Waals surface area contributed by atoms with Gasteiger partial charge in [0.1, 0.15) is 23.7 Å². The molecule has 0 spiro atoms. The second-order valence-corrected chi connectivity index (χ2v) is 6.39. The van der Waals surface area contributed by atoms with Crippen LogP contribution in [0.4, 0.5) is 9.18 Å². The number of rotatable bonds is 3. The number of benzene rings is 1. The lowest BCUT2D eigenvalue weighted by atomic mass is 10.1. The molecule has 2 aliphatic rings. The minimum absolute atomic E-state index is 0.131. The topological polar surface area (TPSA) is 81.8 Å². The maximum Gasteiger partial charge on any atom is 0.341 e. The lowest BCUT2D eigenvalue weighted by molar-refractivity contribution is 0.0277. The summed E-state index contributed by atoms with van der Waals surface area (Å²) >= 11 is 0. The van der Waals surface area contributed by atoms with Crippen molar-refractivity contribution < 1.29 is 13.9 Å². The van der Waals surface area contributed by atoms with Crippen LogP contribution in [0.1, 0.15) is 23.6 Å². The number of halogens is 1. The van der Waals surface area contributed by atoms with E-state index in [1.54, 1.807) is 35.5 Å². The number of hydrogen-bond donors (Lipinski definition) is 0. The van der Waals surface area contributed by atoms with Crippen LogP contribution in [-0.4, -0.2) is 46.3 Å². The molecule has 1 unspecified atom stereocenters. The number of likely N-dealkylation sites (tertiary alicyclic amines) is 1. The molecule has 0 bridgehead atoms. The Kier molecular flexibility index (Phi) is 4.42. The van der Waals surface area contributed by atoms with Crippen molar-refractivity contribution in [1.82, 2.24) is 14.9 Å². The predicted molar refractivity (Wildman–Crippen MR) is 94.4 cm³/mol. The van der Waals surface area contributed by atoms with Crippen LogP contribution >= 0.6 is 0 Å². The second-order valence-electron chi connectivity index (χ2n) is 6.39. The summed E-state index contributed by atoms with van der Waals surface area (Å²) in [6.45, 7) is 0.872. The highest BCUT2D eigenvalue weighted by molar-refractivity contribution is 5.79. The highest BCUT2D eigenvalue weighted by Crippen LogP contribution is 2.30. The van der Waals surface area contributed by atoms with E-state index in [9.17, 15) is 9.18 Å². The van der Waals surface area contributed by atoms with E-state index in [4.69, 9.17) is 10.00 Å². The van der Waals surface area contributed by atoms with Gasteiger partial charge < -0.3 is 9.64 Å². The van der Waals surface area contributed by atoms with Crippen LogP contribution in [-0.2, 0) is 0 Å². The Labute approximate surface area is 155 Å². The van der Waals surface area contributed by atoms with Crippen molar-refractivity contribution in [2.75, 3.05) is 13.1 Å². The van der Waals surface area contributed by atoms with Gasteiger partial charge in [-0.2, -0.15) is 10.4 Å². The van der Waals surface area contributed by atoms with Crippen LogP contribution in [0.2, 0.25) is 0 Å². The molecular weight excluding hydrogens is 349 g/mol. The fraction of sp³-hybridized carbons (Fsp3) is 0.263. The number of carbonyl (C=O) groups is 1. The zero-order valence-corrected chi connectivity index (χ0v) is 14.3. The zero-order chi connectivity index (χ0) is 18.8. The van der Waals surface area contributed by atoms with Gasteiger partial charge in [-0.15, -0.1) is 0 Å². The van der Waals surface area contributed by atoms with E-state index in [0.717, 1.165) is 5.56 Å². The number of carbonyl (C=O) groups excluding carboxylic acids is 1. The molecule has 1 atom stereocenters. The van der Waals surface area contributed by atoms with Crippen LogP contribution in [0.3, 0.4) is 0 Å². The molecule has 0 radical (unpaired) electrons. The van der Waals surface area contributed by atoms with Crippen molar-refractivity contribution in [2.24, 2.45) is 5.10 Å². The minimum atomic E-state index is -0.319. The molecule has 2 aromatic rings. The number of pyridine rings is 1. The van der Waals surface area contributed by atoms with Crippen LogP contribution in [0.25, 0.3) is 0 Å². The van der Waals surface area contributed by atoms with Gasteiger partial charge in [0.15, 0.2) is 0 Å². The van der Waals surface area contributed by atoms with E-state index in [1.165, 1.54) is 23.3 Å². The van der Waals surface area contributed by atoms with Crippen LogP contribution < -0.4 is 4.74 Å². The van der Waals surface area contributed by atoms with Crippen LogP contribution in [0, 0.1) is 17.1 Å². The average Bonchev–Trinajstić information content (AvgIpc) is 3.15. The SMILES string of the molecule is N#Cc1cncc(C2CC=NN2C(=O)N2CC(Oc3ccc(F)cc3)C2)c1. The normalized spacial score (nSPS) is 18.9. The summed E-state index contributed by atoms with van der Waals surface area (Å²) in [6.07, 6.45) is 5.27. The van der Waals surface area contributed by atoms with Gasteiger partial charge in [0.2, 0.25) is 0 Å². The number of aromatic nitrogens is 1. The number of amides is 2. The van der Waals surface area contributed by atoms with Gasteiger partial charge in [-0.1, -0.05) is 0 Å². The maximum atomic E-state index is 12.9. The van der Waals surface area contributed by atoms with E-state index in [-0.39, 0.29) is 24.0 Å². The average molecular weight is 365 g/mol. The predicted octanol–water partition coefficient (Wildman–Crippen LogP) is 2.71. The third-order valence-electron chi connectivity index (χ3n) is 4.53. The van der Waals surface area contributed by atoms with E-state index in [2.05, 4.69) is 16.2 Å². The molecule has 2 aliphatic heterocycles. The van der Waals surface area contributed by atoms with Crippen molar-refractivity contribution in [1.29, 1.82) is 5.26 Å². The summed E-state index contributed by atoms with van der Waals surface area (Å²) in [4.78, 5) is 18.5. The highest BCUT2D eigenvalue weighted by atomic mass is 19.1. The first-order valence-electron chi connectivity index (χ1n) is 8.52. The molecule has 1 aromatic carbocycles. The molecule has 1 saturated heterocycles. The monoisotopic (exact) mass is 365 g/mol. The molecule has 0 N–H and O–H groups in total. The van der Waals surface area contributed by atoms with E-state index in [1.807, 2.05) is 0 Å². The Morgan fingerprint density at radius 2 is 2.04 bits per heavy atom. The first kappa shape index (κ1) is 17.0. The smallest absolute Gasteiger partial charge is 0.341 e. The Hall–Kier alpha value is -3.47. The molecule has 8 heteroatoms. The Balaban J connectivity index is 1.37. The highest BCUT2D eigenvalue weighted by Gasteiger charge is 2.38. The van der Waals surface area contributed by atoms with Crippen LogP contribution in [0.5, 0.6) is 5.75 Å². The third kappa shape index (κ3) is 3.44. The minimum Gasteiger partial charge on any atom is -0.487 e. The van der Waals surface area contributed by atoms with Gasteiger partial charge in [-0.25, -0.2) is 14.2 Å². The molecule has 27 heavy (non-hydrogen) atoms. The van der Waals surface area contributed by atoms with Gasteiger partial charge >= 0.3 is 6.03 Å². The van der Waals surface area contributed by atoms with Crippen LogP contribution in [0.15, 0.2) is 47.8 Å². The van der Waals surface area contributed by atoms with E-state index >= 15 is 0 Å². The summed E-state index contributed by atoms with van der Waals surface area (Å²) in [6, 6.07) is 9.10. The van der Waals surface area contributed by atoms with E-state index < -0.39 is 0 Å². The first-order valence-corrected chi connectivity index (χ1v) is 8.52. The molecule has 0 aliphatic carbocycles.